The van der Waals surface area contributed by atoms with Gasteiger partial charge >= 0.3 is 11.9 Å². The first-order valence-corrected chi connectivity index (χ1v) is 24.5. The van der Waals surface area contributed by atoms with Crippen molar-refractivity contribution < 1.29 is 68.3 Å². The van der Waals surface area contributed by atoms with E-state index in [0.29, 0.717) is 54.2 Å². The van der Waals surface area contributed by atoms with E-state index in [1.807, 2.05) is 12.2 Å². The number of hydrogen-bond donors (Lipinski definition) is 10. The van der Waals surface area contributed by atoms with Gasteiger partial charge in [0.25, 0.3) is 0 Å². The van der Waals surface area contributed by atoms with E-state index in [2.05, 4.69) is 47.1 Å². The van der Waals surface area contributed by atoms with Crippen LogP contribution in [0.1, 0.15) is 93.0 Å². The van der Waals surface area contributed by atoms with Gasteiger partial charge in [-0.15, -0.1) is 15.3 Å². The van der Waals surface area contributed by atoms with Gasteiger partial charge < -0.3 is 61.7 Å². The summed E-state index contributed by atoms with van der Waals surface area (Å²) in [4.78, 5) is 101. The van der Waals surface area contributed by atoms with Gasteiger partial charge in [0.05, 0.1) is 45.0 Å². The van der Waals surface area contributed by atoms with Crippen molar-refractivity contribution in [1.29, 1.82) is 0 Å². The Labute approximate surface area is 431 Å². The van der Waals surface area contributed by atoms with Crippen molar-refractivity contribution in [3.63, 3.8) is 0 Å². The normalized spacial score (nSPS) is 12.4. The van der Waals surface area contributed by atoms with Gasteiger partial charge in [-0.25, -0.2) is 9.59 Å². The predicted molar refractivity (Wildman–Crippen MR) is 265 cm³/mol. The molecule has 74 heavy (non-hydrogen) atoms. The Kier molecular flexibility index (Phi) is 24.3. The van der Waals surface area contributed by atoms with Crippen molar-refractivity contribution in [2.75, 3.05) is 38.3 Å². The number of nitrogens with one attached hydrogen (secondary N) is 6. The monoisotopic (exact) mass is 1050 g/mol. The molecular weight excluding hydrogens is 985 g/mol. The summed E-state index contributed by atoms with van der Waals surface area (Å²) in [6, 6.07) is 7.80. The molecule has 6 amide bonds. The van der Waals surface area contributed by atoms with Crippen LogP contribution in [0.5, 0.6) is 11.5 Å². The number of unbranched alkanes of at least 4 members (excludes halogenated alkanes) is 1. The molecule has 2 aromatic heterocycles. The molecule has 3 atom stereocenters. The Hall–Kier alpha value is -7.52. The standard InChI is InChI=1S/C47H62BN11O14S/c1-29-55-57-46(74-29)53-38(62)8-5-6-32-28-59(58-56-32)21-4-3-7-35(43(67)49-20-23-73-25-24-72-22-18-40(64)54-48)50-41(65)27-37(45(70)71)52-42(66)26-36(44(68)69)51-39(63)17-19-47(2,30-9-13-33(60)14-10-30)31-11-15-34(61)16-12-31/h9-16,28,35-37,60-61H,3-8,17-27H2,1-2H3,(H,49,67)(H,50,65)(H,51,63)(H,52,66)(H,54,64)(H,68,69)(H,70,71)(H,53,57,62)/t35-,36-,37-/m0/s1. The number of aliphatic carboxylic acids is 2. The van der Waals surface area contributed by atoms with E-state index in [0.717, 1.165) is 5.01 Å². The molecule has 0 aliphatic carbocycles. The maximum absolute atomic E-state index is 13.4. The first kappa shape index (κ1) is 59.1. The van der Waals surface area contributed by atoms with Crippen LogP contribution in [0.15, 0.2) is 54.7 Å². The zero-order valence-corrected chi connectivity index (χ0v) is 41.9. The fourth-order valence-corrected chi connectivity index (χ4v) is 7.97. The van der Waals surface area contributed by atoms with Crippen molar-refractivity contribution in [3.8, 4) is 11.5 Å². The van der Waals surface area contributed by atoms with Crippen LogP contribution < -0.4 is 31.8 Å². The van der Waals surface area contributed by atoms with Gasteiger partial charge in [-0.2, -0.15) is 0 Å². The number of amides is 6. The number of hydrogen-bond acceptors (Lipinski definition) is 17. The molecule has 0 unspecified atom stereocenters. The Balaban J connectivity index is 1.30. The van der Waals surface area contributed by atoms with Crippen molar-refractivity contribution in [2.24, 2.45) is 0 Å². The van der Waals surface area contributed by atoms with Crippen LogP contribution in [-0.2, 0) is 66.2 Å². The summed E-state index contributed by atoms with van der Waals surface area (Å²) < 4.78 is 12.4. The van der Waals surface area contributed by atoms with Gasteiger partial charge in [-0.05, 0) is 80.8 Å². The van der Waals surface area contributed by atoms with Gasteiger partial charge in [-0.3, -0.25) is 33.4 Å². The van der Waals surface area contributed by atoms with Gasteiger partial charge in [0, 0.05) is 44.0 Å². The van der Waals surface area contributed by atoms with Crippen LogP contribution in [-0.4, -0.2) is 152 Å². The smallest absolute Gasteiger partial charge is 0.326 e. The number of anilines is 1. The van der Waals surface area contributed by atoms with Gasteiger partial charge in [0.2, 0.25) is 48.6 Å². The maximum Gasteiger partial charge on any atom is 0.326 e. The second-order valence-corrected chi connectivity index (χ2v) is 18.4. The second-order valence-electron chi connectivity index (χ2n) is 17.2. The summed E-state index contributed by atoms with van der Waals surface area (Å²) in [7, 11) is 5.04. The number of carbonyl (C=O) groups excluding carboxylic acids is 6. The lowest BCUT2D eigenvalue weighted by molar-refractivity contribution is -0.145. The SMILES string of the molecule is [B]NC(=O)CCOCCOCCNC(=O)[C@H](CCCCn1cc(CCCC(=O)Nc2nnc(C)s2)nn1)NC(=O)C[C@H](NC(=O)C[C@H](NC(=O)CCC(C)(c1ccc(O)cc1)c1ccc(O)cc1)C(=O)O)C(=O)O. The Bertz CT molecular complexity index is 2450. The number of aromatic nitrogens is 5. The van der Waals surface area contributed by atoms with Crippen LogP contribution in [0.25, 0.3) is 0 Å². The molecule has 2 heterocycles. The number of carboxylic acids is 2. The molecule has 398 valence electrons. The molecule has 0 spiro atoms. The highest BCUT2D eigenvalue weighted by molar-refractivity contribution is 7.15. The van der Waals surface area contributed by atoms with E-state index in [9.17, 15) is 58.8 Å². The molecular formula is C47H62BN11O14S. The minimum absolute atomic E-state index is 0.0177. The van der Waals surface area contributed by atoms with Crippen molar-refractivity contribution in [2.45, 2.75) is 115 Å². The molecule has 0 saturated carbocycles. The minimum atomic E-state index is -1.86. The highest BCUT2D eigenvalue weighted by Gasteiger charge is 2.33. The average Bonchev–Trinajstić information content (AvgIpc) is 4.00. The zero-order chi connectivity index (χ0) is 54.0. The van der Waals surface area contributed by atoms with E-state index < -0.39 is 77.9 Å². The summed E-state index contributed by atoms with van der Waals surface area (Å²) in [5.41, 5.74) is 1.23. The fourth-order valence-electron chi connectivity index (χ4n) is 7.36. The molecule has 25 nitrogen and oxygen atoms in total. The third kappa shape index (κ3) is 20.9. The number of rotatable bonds is 34. The van der Waals surface area contributed by atoms with Crippen LogP contribution in [0.3, 0.4) is 0 Å². The summed E-state index contributed by atoms with van der Waals surface area (Å²) in [6.45, 7) is 4.53. The maximum atomic E-state index is 13.4. The number of carboxylic acid groups (broad SMARTS) is 2. The number of carbonyl (C=O) groups is 8. The largest absolute Gasteiger partial charge is 0.508 e. The molecule has 0 saturated heterocycles. The zero-order valence-electron chi connectivity index (χ0n) is 41.0. The minimum Gasteiger partial charge on any atom is -0.508 e. The van der Waals surface area contributed by atoms with E-state index in [4.69, 9.17) is 17.5 Å². The molecule has 0 aliphatic rings. The van der Waals surface area contributed by atoms with Crippen LogP contribution in [0.4, 0.5) is 5.13 Å². The van der Waals surface area contributed by atoms with Crippen molar-refractivity contribution >= 4 is 71.8 Å². The van der Waals surface area contributed by atoms with Gasteiger partial charge in [0.15, 0.2) is 0 Å². The number of benzene rings is 2. The van der Waals surface area contributed by atoms with E-state index in [-0.39, 0.29) is 82.5 Å². The molecule has 0 bridgehead atoms. The Morgan fingerprint density at radius 1 is 0.689 bits per heavy atom. The molecule has 10 N–H and O–H groups in total. The quantitative estimate of drug-likeness (QED) is 0.0230. The van der Waals surface area contributed by atoms with Crippen molar-refractivity contribution in [1.82, 2.24) is 51.7 Å². The lowest BCUT2D eigenvalue weighted by Crippen LogP contribution is -2.51. The molecule has 0 aliphatic heterocycles. The highest BCUT2D eigenvalue weighted by atomic mass is 32.1. The first-order valence-electron chi connectivity index (χ1n) is 23.7. The predicted octanol–water partition coefficient (Wildman–Crippen LogP) is 0.910. The number of phenols is 2. The van der Waals surface area contributed by atoms with Crippen LogP contribution in [0, 0.1) is 6.92 Å². The summed E-state index contributed by atoms with van der Waals surface area (Å²) in [5.74, 6) is -7.13. The van der Waals surface area contributed by atoms with Crippen LogP contribution in [0.2, 0.25) is 0 Å². The first-order chi connectivity index (χ1) is 35.3. The Morgan fingerprint density at radius 2 is 1.27 bits per heavy atom. The lowest BCUT2D eigenvalue weighted by atomic mass is 9.73. The molecule has 2 aromatic carbocycles. The highest BCUT2D eigenvalue weighted by Crippen LogP contribution is 2.38. The van der Waals surface area contributed by atoms with Gasteiger partial charge in [-0.1, -0.05) is 47.7 Å². The number of ether oxygens (including phenoxy) is 2. The third-order valence-corrected chi connectivity index (χ3v) is 12.2. The molecule has 4 rings (SSSR count). The molecule has 0 fully saturated rings. The van der Waals surface area contributed by atoms with Crippen LogP contribution >= 0.6 is 11.3 Å². The van der Waals surface area contributed by atoms with E-state index in [1.165, 1.54) is 35.6 Å². The molecule has 27 heteroatoms. The summed E-state index contributed by atoms with van der Waals surface area (Å²) in [6.07, 6.45) is 2.16. The number of phenolic OH excluding ortho intramolecular Hbond substituents is 2. The number of aromatic hydroxyl groups is 2. The molecule has 4 aromatic rings. The van der Waals surface area contributed by atoms with E-state index >= 15 is 0 Å². The summed E-state index contributed by atoms with van der Waals surface area (Å²) in [5, 5.41) is 71.2. The second kappa shape index (κ2) is 30.5. The fraction of sp³-hybridized carbons (Fsp3) is 0.489. The molecule has 2 radical (unpaired) electrons. The van der Waals surface area contributed by atoms with Gasteiger partial charge in [0.1, 0.15) is 34.6 Å². The van der Waals surface area contributed by atoms with E-state index in [1.54, 1.807) is 42.1 Å². The third-order valence-electron chi connectivity index (χ3n) is 11.4. The Morgan fingerprint density at radius 3 is 1.84 bits per heavy atom. The topological polar surface area (TPSA) is 365 Å². The van der Waals surface area contributed by atoms with Crippen molar-refractivity contribution in [3.05, 3.63) is 76.6 Å². The average molecular weight is 1050 g/mol. The summed E-state index contributed by atoms with van der Waals surface area (Å²) >= 11 is 1.27. The lowest BCUT2D eigenvalue weighted by Gasteiger charge is -2.31. The number of nitrogens with zero attached hydrogens (tertiary/aromatic N) is 5. The number of aryl methyl sites for hydroxylation is 3.